The van der Waals surface area contributed by atoms with Crippen molar-refractivity contribution in [3.8, 4) is 17.0 Å². The van der Waals surface area contributed by atoms with E-state index in [0.717, 1.165) is 48.9 Å². The molecule has 0 radical (unpaired) electrons. The van der Waals surface area contributed by atoms with E-state index in [-0.39, 0.29) is 25.5 Å². The normalized spacial score (nSPS) is 24.1. The van der Waals surface area contributed by atoms with Crippen molar-refractivity contribution >= 4 is 0 Å². The van der Waals surface area contributed by atoms with Crippen LogP contribution in [0.1, 0.15) is 56.7 Å². The second-order valence-corrected chi connectivity index (χ2v) is 11.3. The van der Waals surface area contributed by atoms with Gasteiger partial charge >= 0.3 is 6.18 Å². The fourth-order valence-corrected chi connectivity index (χ4v) is 5.98. The Bertz CT molecular complexity index is 1040. The first kappa shape index (κ1) is 27.4. The summed E-state index contributed by atoms with van der Waals surface area (Å²) in [7, 11) is 0. The summed E-state index contributed by atoms with van der Waals surface area (Å²) in [6.07, 6.45) is 1.05. The molecule has 9 heteroatoms. The number of benzene rings is 1. The second kappa shape index (κ2) is 11.5. The molecule has 3 fully saturated rings. The molecule has 2 saturated heterocycles. The predicted octanol–water partition coefficient (Wildman–Crippen LogP) is 5.02. The van der Waals surface area contributed by atoms with Gasteiger partial charge in [-0.3, -0.25) is 4.90 Å². The molecule has 2 atom stereocenters. The van der Waals surface area contributed by atoms with Crippen LogP contribution in [0, 0.1) is 11.3 Å². The van der Waals surface area contributed by atoms with Crippen LogP contribution in [0.25, 0.3) is 11.1 Å². The number of β-amino-alcohol motifs (C(OH)–C–C–N with tert-alkyl or cyclic N) is 1. The first-order chi connectivity index (χ1) is 18.2. The predicted molar refractivity (Wildman–Crippen MR) is 138 cm³/mol. The molecule has 2 aliphatic heterocycles. The largest absolute Gasteiger partial charge is 0.477 e. The molecule has 1 aliphatic carbocycles. The third-order valence-corrected chi connectivity index (χ3v) is 8.66. The minimum absolute atomic E-state index is 0.133. The first-order valence-electron chi connectivity index (χ1n) is 13.8. The number of aliphatic hydroxyl groups excluding tert-OH is 2. The molecule has 208 valence electrons. The van der Waals surface area contributed by atoms with Gasteiger partial charge in [0, 0.05) is 37.5 Å². The summed E-state index contributed by atoms with van der Waals surface area (Å²) in [6, 6.07) is 11.5. The summed E-state index contributed by atoms with van der Waals surface area (Å²) < 4.78 is 46.4. The highest BCUT2D eigenvalue weighted by Crippen LogP contribution is 2.53. The van der Waals surface area contributed by atoms with Crippen LogP contribution in [-0.2, 0) is 0 Å². The van der Waals surface area contributed by atoms with Gasteiger partial charge in [0.15, 0.2) is 0 Å². The van der Waals surface area contributed by atoms with Crippen LogP contribution in [0.2, 0.25) is 0 Å². The van der Waals surface area contributed by atoms with Crippen molar-refractivity contribution < 1.29 is 28.1 Å². The highest BCUT2D eigenvalue weighted by molar-refractivity contribution is 5.63. The second-order valence-electron chi connectivity index (χ2n) is 11.3. The summed E-state index contributed by atoms with van der Waals surface area (Å²) >= 11 is 0. The zero-order valence-electron chi connectivity index (χ0n) is 21.7. The van der Waals surface area contributed by atoms with Crippen molar-refractivity contribution in [3.05, 3.63) is 48.2 Å². The Labute approximate surface area is 222 Å². The maximum atomic E-state index is 13.5. The lowest BCUT2D eigenvalue weighted by atomic mass is 9.67. The number of halogens is 3. The van der Waals surface area contributed by atoms with Gasteiger partial charge in [-0.15, -0.1) is 0 Å². The van der Waals surface area contributed by atoms with E-state index in [1.54, 1.807) is 6.20 Å². The third-order valence-electron chi connectivity index (χ3n) is 8.66. The Morgan fingerprint density at radius 2 is 1.68 bits per heavy atom. The molecule has 0 amide bonds. The number of aliphatic hydroxyl groups is 2. The highest BCUT2D eigenvalue weighted by Gasteiger charge is 2.58. The van der Waals surface area contributed by atoms with E-state index in [1.807, 2.05) is 46.2 Å². The van der Waals surface area contributed by atoms with Crippen molar-refractivity contribution in [1.29, 1.82) is 0 Å². The average Bonchev–Trinajstić information content (AvgIpc) is 2.89. The van der Waals surface area contributed by atoms with Crippen molar-refractivity contribution in [2.45, 2.75) is 63.5 Å². The number of likely N-dealkylation sites (tertiary alicyclic amines) is 2. The van der Waals surface area contributed by atoms with E-state index < -0.39 is 17.8 Å². The van der Waals surface area contributed by atoms with E-state index in [1.165, 1.54) is 0 Å². The number of hydrogen-bond acceptors (Lipinski definition) is 6. The summed E-state index contributed by atoms with van der Waals surface area (Å²) in [5.41, 5.74) is 1.23. The number of piperidine rings is 2. The van der Waals surface area contributed by atoms with E-state index in [2.05, 4.69) is 4.98 Å². The molecule has 5 rings (SSSR count). The smallest absolute Gasteiger partial charge is 0.395 e. The lowest BCUT2D eigenvalue weighted by Gasteiger charge is -2.47. The van der Waals surface area contributed by atoms with Gasteiger partial charge in [0.25, 0.3) is 0 Å². The van der Waals surface area contributed by atoms with Gasteiger partial charge in [-0.25, -0.2) is 4.98 Å². The maximum Gasteiger partial charge on any atom is 0.395 e. The molecule has 0 bridgehead atoms. The molecule has 0 spiro atoms. The van der Waals surface area contributed by atoms with E-state index in [0.29, 0.717) is 44.5 Å². The molecule has 3 aliphatic rings. The van der Waals surface area contributed by atoms with Crippen LogP contribution in [0.5, 0.6) is 5.88 Å². The fourth-order valence-electron chi connectivity index (χ4n) is 5.98. The first-order valence-corrected chi connectivity index (χ1v) is 13.8. The van der Waals surface area contributed by atoms with Crippen LogP contribution in [-0.4, -0.2) is 76.6 Å². The zero-order valence-corrected chi connectivity index (χ0v) is 21.7. The third kappa shape index (κ3) is 6.17. The standard InChI is InChI=1S/C29H38F3N3O3/c30-29(31,32)28(12-2-13-28)20-34-15-10-21(11-16-34)19-38-26-9-8-24(17-33-26)22-4-6-23(7-5-22)27(37)35-14-1-3-25(36)18-35/h4-9,17,21,25,27,36-37H,1-3,10-16,18-20H2/t25-,27?/m0/s1. The lowest BCUT2D eigenvalue weighted by molar-refractivity contribution is -0.256. The molecule has 38 heavy (non-hydrogen) atoms. The van der Waals surface area contributed by atoms with Gasteiger partial charge < -0.3 is 19.8 Å². The van der Waals surface area contributed by atoms with E-state index in [4.69, 9.17) is 4.74 Å². The molecule has 1 unspecified atom stereocenters. The van der Waals surface area contributed by atoms with Gasteiger partial charge in [0.05, 0.1) is 18.1 Å². The number of alkyl halides is 3. The molecule has 1 aromatic carbocycles. The number of pyridine rings is 1. The van der Waals surface area contributed by atoms with Gasteiger partial charge in [-0.05, 0) is 74.7 Å². The van der Waals surface area contributed by atoms with Gasteiger partial charge in [0.2, 0.25) is 5.88 Å². The van der Waals surface area contributed by atoms with Crippen molar-refractivity contribution in [2.75, 3.05) is 39.3 Å². The number of ether oxygens (including phenoxy) is 1. The quantitative estimate of drug-likeness (QED) is 0.497. The van der Waals surface area contributed by atoms with Crippen LogP contribution < -0.4 is 4.74 Å². The summed E-state index contributed by atoms with van der Waals surface area (Å²) in [4.78, 5) is 8.32. The van der Waals surface area contributed by atoms with Gasteiger partial charge in [-0.2, -0.15) is 13.2 Å². The molecular weight excluding hydrogens is 495 g/mol. The van der Waals surface area contributed by atoms with Crippen LogP contribution in [0.4, 0.5) is 13.2 Å². The topological polar surface area (TPSA) is 69.1 Å². The Morgan fingerprint density at radius 3 is 2.26 bits per heavy atom. The van der Waals surface area contributed by atoms with Crippen molar-refractivity contribution in [2.24, 2.45) is 11.3 Å². The van der Waals surface area contributed by atoms with Crippen LogP contribution >= 0.6 is 0 Å². The summed E-state index contributed by atoms with van der Waals surface area (Å²) in [5.74, 6) is 0.855. The maximum absolute atomic E-state index is 13.5. The highest BCUT2D eigenvalue weighted by atomic mass is 19.4. The van der Waals surface area contributed by atoms with Crippen molar-refractivity contribution in [1.82, 2.24) is 14.8 Å². The molecular formula is C29H38F3N3O3. The molecule has 2 N–H and O–H groups in total. The Hall–Kier alpha value is -2.20. The number of aromatic nitrogens is 1. The molecule has 2 aromatic rings. The van der Waals surface area contributed by atoms with Crippen molar-refractivity contribution in [3.63, 3.8) is 0 Å². The number of nitrogens with zero attached hydrogens (tertiary/aromatic N) is 3. The minimum Gasteiger partial charge on any atom is -0.477 e. The minimum atomic E-state index is -4.11. The van der Waals surface area contributed by atoms with Crippen LogP contribution in [0.3, 0.4) is 0 Å². The van der Waals surface area contributed by atoms with E-state index in [9.17, 15) is 23.4 Å². The van der Waals surface area contributed by atoms with Gasteiger partial charge in [0.1, 0.15) is 6.23 Å². The SMILES string of the molecule is OC(c1ccc(-c2ccc(OCC3CCN(CC4(C(F)(F)F)CCC4)CC3)nc2)cc1)N1CCC[C@H](O)C1. The monoisotopic (exact) mass is 533 g/mol. The molecule has 6 nitrogen and oxygen atoms in total. The van der Waals surface area contributed by atoms with Crippen LogP contribution in [0.15, 0.2) is 42.6 Å². The summed E-state index contributed by atoms with van der Waals surface area (Å²) in [6.45, 7) is 3.26. The fraction of sp³-hybridized carbons (Fsp3) is 0.621. The Balaban J connectivity index is 1.08. The van der Waals surface area contributed by atoms with E-state index >= 15 is 0 Å². The molecule has 1 aromatic heterocycles. The lowest BCUT2D eigenvalue weighted by Crippen LogP contribution is -2.53. The Kier molecular flexibility index (Phi) is 8.28. The molecule has 3 heterocycles. The summed E-state index contributed by atoms with van der Waals surface area (Å²) in [5, 5.41) is 20.6. The average molecular weight is 534 g/mol. The molecule has 1 saturated carbocycles. The van der Waals surface area contributed by atoms with Gasteiger partial charge in [-0.1, -0.05) is 30.7 Å². The number of rotatable bonds is 8. The zero-order chi connectivity index (χ0) is 26.8. The number of hydrogen-bond donors (Lipinski definition) is 2. The Morgan fingerprint density at radius 1 is 0.974 bits per heavy atom.